The Bertz CT molecular complexity index is 398. The average molecular weight is 499 g/mol. The van der Waals surface area contributed by atoms with Crippen LogP contribution >= 0.6 is 0 Å². The Morgan fingerprint density at radius 1 is 0.429 bits per heavy atom. The Hall–Kier alpha value is -0.120. The van der Waals surface area contributed by atoms with Gasteiger partial charge in [0.1, 0.15) is 0 Å². The third-order valence-corrected chi connectivity index (χ3v) is 6.99. The highest BCUT2D eigenvalue weighted by atomic mass is 16.9. The van der Waals surface area contributed by atoms with Gasteiger partial charge in [-0.1, -0.05) is 144 Å². The van der Waals surface area contributed by atoms with Gasteiger partial charge in [0, 0.05) is 6.42 Å². The third-order valence-electron chi connectivity index (χ3n) is 6.99. The first-order chi connectivity index (χ1) is 17.1. The highest BCUT2D eigenvalue weighted by molar-refractivity contribution is 4.62. The number of rotatable bonds is 29. The van der Waals surface area contributed by atoms with Crippen molar-refractivity contribution in [2.24, 2.45) is 5.92 Å². The molecule has 35 heavy (non-hydrogen) atoms. The van der Waals surface area contributed by atoms with E-state index in [1.54, 1.807) is 0 Å². The monoisotopic (exact) mass is 499 g/mol. The Balaban J connectivity index is 4.36. The second-order valence-electron chi connectivity index (χ2n) is 11.2. The van der Waals surface area contributed by atoms with Crippen molar-refractivity contribution in [2.75, 3.05) is 19.8 Å². The predicted octanol–water partition coefficient (Wildman–Crippen LogP) is 11.0. The van der Waals surface area contributed by atoms with Crippen molar-refractivity contribution in [3.8, 4) is 0 Å². The van der Waals surface area contributed by atoms with Gasteiger partial charge in [-0.2, -0.15) is 0 Å². The molecule has 0 aromatic rings. The molecule has 0 aliphatic rings. The summed E-state index contributed by atoms with van der Waals surface area (Å²) in [6, 6.07) is 0. The van der Waals surface area contributed by atoms with Gasteiger partial charge in [0.25, 0.3) is 5.97 Å². The largest absolute Gasteiger partial charge is 0.327 e. The molecule has 0 aromatic carbocycles. The lowest BCUT2D eigenvalue weighted by atomic mass is 10.0. The number of unbranched alkanes of at least 4 members (excludes halogenated alkanes) is 17. The van der Waals surface area contributed by atoms with Crippen LogP contribution in [-0.4, -0.2) is 25.8 Å². The van der Waals surface area contributed by atoms with E-state index in [1.165, 1.54) is 109 Å². The summed E-state index contributed by atoms with van der Waals surface area (Å²) in [7, 11) is 0. The maximum atomic E-state index is 6.40. The first kappa shape index (κ1) is 34.9. The Labute approximate surface area is 221 Å². The number of ether oxygens (including phenoxy) is 3. The molecule has 0 heterocycles. The third kappa shape index (κ3) is 24.0. The van der Waals surface area contributed by atoms with Crippen LogP contribution in [0.15, 0.2) is 0 Å². The highest BCUT2D eigenvalue weighted by Gasteiger charge is 2.33. The van der Waals surface area contributed by atoms with E-state index < -0.39 is 5.97 Å². The molecule has 1 unspecified atom stereocenters. The number of hydrogen-bond donors (Lipinski definition) is 0. The van der Waals surface area contributed by atoms with Crippen LogP contribution in [-0.2, 0) is 14.2 Å². The summed E-state index contributed by atoms with van der Waals surface area (Å²) < 4.78 is 19.2. The van der Waals surface area contributed by atoms with Gasteiger partial charge < -0.3 is 14.2 Å². The van der Waals surface area contributed by atoms with Crippen molar-refractivity contribution < 1.29 is 14.2 Å². The molecule has 0 saturated carbocycles. The Kier molecular flexibility index (Phi) is 26.8. The fourth-order valence-corrected chi connectivity index (χ4v) is 4.49. The maximum Gasteiger partial charge on any atom is 0.282 e. The SMILES string of the molecule is CCCCCCCCCCCCCCCC(OCCCCC)(OCCCCCC)OCCC(C)C. The van der Waals surface area contributed by atoms with Gasteiger partial charge >= 0.3 is 0 Å². The summed E-state index contributed by atoms with van der Waals surface area (Å²) >= 11 is 0. The lowest BCUT2D eigenvalue weighted by Crippen LogP contribution is -2.40. The first-order valence-electron chi connectivity index (χ1n) is 16.0. The van der Waals surface area contributed by atoms with Crippen LogP contribution in [0.25, 0.3) is 0 Å². The fraction of sp³-hybridized carbons (Fsp3) is 1.00. The van der Waals surface area contributed by atoms with Crippen LogP contribution in [0.4, 0.5) is 0 Å². The van der Waals surface area contributed by atoms with E-state index in [0.29, 0.717) is 5.92 Å². The molecule has 1 atom stereocenters. The van der Waals surface area contributed by atoms with Crippen LogP contribution in [0.2, 0.25) is 0 Å². The Morgan fingerprint density at radius 2 is 0.771 bits per heavy atom. The molecule has 3 nitrogen and oxygen atoms in total. The van der Waals surface area contributed by atoms with Gasteiger partial charge in [0.15, 0.2) is 0 Å². The lowest BCUT2D eigenvalue weighted by molar-refractivity contribution is -0.384. The quantitative estimate of drug-likeness (QED) is 0.0758. The van der Waals surface area contributed by atoms with Crippen molar-refractivity contribution in [1.82, 2.24) is 0 Å². The summed E-state index contributed by atoms with van der Waals surface area (Å²) in [5, 5.41) is 0. The van der Waals surface area contributed by atoms with Crippen molar-refractivity contribution in [1.29, 1.82) is 0 Å². The molecule has 0 rings (SSSR count). The standard InChI is InChI=1S/C32H66O3/c1-6-9-12-14-15-16-17-18-19-20-21-22-23-27-32(33-28-24-11-8-3,35-30-26-31(4)5)34-29-25-13-10-7-2/h31H,6-30H2,1-5H3. The summed E-state index contributed by atoms with van der Waals surface area (Å²) in [5.74, 6) is -0.194. The molecule has 0 spiro atoms. The molecule has 0 aromatic heterocycles. The van der Waals surface area contributed by atoms with Gasteiger partial charge in [-0.25, -0.2) is 0 Å². The molecule has 0 aliphatic carbocycles. The van der Waals surface area contributed by atoms with Crippen LogP contribution < -0.4 is 0 Å². The van der Waals surface area contributed by atoms with E-state index in [2.05, 4.69) is 34.6 Å². The molecule has 3 heteroatoms. The minimum atomic E-state index is -0.827. The van der Waals surface area contributed by atoms with Crippen molar-refractivity contribution in [3.05, 3.63) is 0 Å². The Morgan fingerprint density at radius 3 is 1.23 bits per heavy atom. The lowest BCUT2D eigenvalue weighted by Gasteiger charge is -2.34. The zero-order valence-corrected chi connectivity index (χ0v) is 25.0. The van der Waals surface area contributed by atoms with Crippen molar-refractivity contribution in [2.45, 2.75) is 182 Å². The van der Waals surface area contributed by atoms with Gasteiger partial charge in [-0.15, -0.1) is 0 Å². The zero-order valence-electron chi connectivity index (χ0n) is 25.0. The molecule has 0 saturated heterocycles. The molecule has 0 radical (unpaired) electrons. The highest BCUT2D eigenvalue weighted by Crippen LogP contribution is 2.26. The van der Waals surface area contributed by atoms with Gasteiger partial charge in [0.2, 0.25) is 0 Å². The van der Waals surface area contributed by atoms with Gasteiger partial charge in [-0.05, 0) is 31.6 Å². The smallest absolute Gasteiger partial charge is 0.282 e. The molecule has 0 bridgehead atoms. The molecule has 0 fully saturated rings. The fourth-order valence-electron chi connectivity index (χ4n) is 4.49. The van der Waals surface area contributed by atoms with Gasteiger partial charge in [0.05, 0.1) is 19.8 Å². The second kappa shape index (κ2) is 26.9. The van der Waals surface area contributed by atoms with Crippen LogP contribution in [0.1, 0.15) is 176 Å². The molecular weight excluding hydrogens is 432 g/mol. The van der Waals surface area contributed by atoms with Crippen molar-refractivity contribution >= 4 is 0 Å². The molecule has 0 amide bonds. The normalized spacial score (nSPS) is 13.5. The van der Waals surface area contributed by atoms with E-state index in [1.807, 2.05) is 0 Å². The summed E-state index contributed by atoms with van der Waals surface area (Å²) in [4.78, 5) is 0. The molecular formula is C32H66O3. The van der Waals surface area contributed by atoms with Crippen LogP contribution in [0.3, 0.4) is 0 Å². The van der Waals surface area contributed by atoms with Crippen LogP contribution in [0, 0.1) is 5.92 Å². The predicted molar refractivity (Wildman–Crippen MR) is 154 cm³/mol. The summed E-state index contributed by atoms with van der Waals surface area (Å²) in [5.41, 5.74) is 0. The topological polar surface area (TPSA) is 27.7 Å². The van der Waals surface area contributed by atoms with E-state index in [-0.39, 0.29) is 0 Å². The van der Waals surface area contributed by atoms with E-state index >= 15 is 0 Å². The summed E-state index contributed by atoms with van der Waals surface area (Å²) in [6.45, 7) is 13.5. The molecule has 0 N–H and O–H groups in total. The van der Waals surface area contributed by atoms with E-state index in [4.69, 9.17) is 14.2 Å². The molecule has 212 valence electrons. The minimum absolute atomic E-state index is 0.633. The zero-order chi connectivity index (χ0) is 25.9. The second-order valence-corrected chi connectivity index (χ2v) is 11.2. The number of hydrogen-bond acceptors (Lipinski definition) is 3. The van der Waals surface area contributed by atoms with Crippen molar-refractivity contribution in [3.63, 3.8) is 0 Å². The summed E-state index contributed by atoms with van der Waals surface area (Å²) in [6.07, 6.45) is 28.1. The molecule has 0 aliphatic heterocycles. The minimum Gasteiger partial charge on any atom is -0.327 e. The maximum absolute atomic E-state index is 6.40. The van der Waals surface area contributed by atoms with Gasteiger partial charge in [-0.3, -0.25) is 0 Å². The van der Waals surface area contributed by atoms with E-state index in [9.17, 15) is 0 Å². The first-order valence-corrected chi connectivity index (χ1v) is 16.0. The van der Waals surface area contributed by atoms with E-state index in [0.717, 1.165) is 51.9 Å². The van der Waals surface area contributed by atoms with Crippen LogP contribution in [0.5, 0.6) is 0 Å². The average Bonchev–Trinajstić information content (AvgIpc) is 2.84.